The molecule has 0 aromatic carbocycles. The molecule has 1 fully saturated rings. The predicted octanol–water partition coefficient (Wildman–Crippen LogP) is 1.63. The number of nitrogens with one attached hydrogen (secondary N) is 1. The quantitative estimate of drug-likeness (QED) is 0.653. The van der Waals surface area contributed by atoms with Crippen LogP contribution in [0.5, 0.6) is 0 Å². The SMILES string of the molecule is CCCC1(C)CCNN(C)C1. The van der Waals surface area contributed by atoms with Crippen molar-refractivity contribution in [2.24, 2.45) is 5.41 Å². The first kappa shape index (κ1) is 9.01. The van der Waals surface area contributed by atoms with Gasteiger partial charge in [0.2, 0.25) is 0 Å². The molecular formula is C9H20N2. The number of hydrazine groups is 1. The molecular weight excluding hydrogens is 136 g/mol. The van der Waals surface area contributed by atoms with Crippen LogP contribution >= 0.6 is 0 Å². The molecule has 0 bridgehead atoms. The van der Waals surface area contributed by atoms with Crippen LogP contribution in [-0.2, 0) is 0 Å². The molecule has 0 aromatic rings. The summed E-state index contributed by atoms with van der Waals surface area (Å²) in [6.07, 6.45) is 3.99. The van der Waals surface area contributed by atoms with E-state index in [1.165, 1.54) is 25.8 Å². The van der Waals surface area contributed by atoms with Gasteiger partial charge in [0.25, 0.3) is 0 Å². The first-order valence-electron chi connectivity index (χ1n) is 4.61. The molecule has 0 radical (unpaired) electrons. The molecule has 1 heterocycles. The van der Waals surface area contributed by atoms with Crippen LogP contribution in [0.2, 0.25) is 0 Å². The Morgan fingerprint density at radius 1 is 1.55 bits per heavy atom. The van der Waals surface area contributed by atoms with Gasteiger partial charge < -0.3 is 0 Å². The highest BCUT2D eigenvalue weighted by Crippen LogP contribution is 2.29. The number of hydrogen-bond acceptors (Lipinski definition) is 2. The Hall–Kier alpha value is -0.0800. The smallest absolute Gasteiger partial charge is 0.0182 e. The van der Waals surface area contributed by atoms with Gasteiger partial charge in [0.1, 0.15) is 0 Å². The second kappa shape index (κ2) is 3.55. The molecule has 1 aliphatic rings. The summed E-state index contributed by atoms with van der Waals surface area (Å²) in [5.74, 6) is 0. The van der Waals surface area contributed by atoms with Crippen molar-refractivity contribution in [3.8, 4) is 0 Å². The zero-order valence-electron chi connectivity index (χ0n) is 7.98. The van der Waals surface area contributed by atoms with E-state index < -0.39 is 0 Å². The molecule has 0 aliphatic carbocycles. The van der Waals surface area contributed by atoms with Crippen LogP contribution in [0.1, 0.15) is 33.1 Å². The van der Waals surface area contributed by atoms with Crippen LogP contribution in [0.15, 0.2) is 0 Å². The molecule has 11 heavy (non-hydrogen) atoms. The molecule has 0 aromatic heterocycles. The summed E-state index contributed by atoms with van der Waals surface area (Å²) >= 11 is 0. The van der Waals surface area contributed by atoms with Crippen LogP contribution in [0.4, 0.5) is 0 Å². The zero-order chi connectivity index (χ0) is 8.32. The average Bonchev–Trinajstić information content (AvgIpc) is 1.86. The van der Waals surface area contributed by atoms with Crippen LogP contribution in [-0.4, -0.2) is 25.1 Å². The average molecular weight is 156 g/mol. The lowest BCUT2D eigenvalue weighted by molar-refractivity contribution is 0.0732. The summed E-state index contributed by atoms with van der Waals surface area (Å²) in [6, 6.07) is 0. The van der Waals surface area contributed by atoms with E-state index in [0.29, 0.717) is 5.41 Å². The maximum absolute atomic E-state index is 3.33. The normalized spacial score (nSPS) is 34.1. The highest BCUT2D eigenvalue weighted by atomic mass is 15.5. The summed E-state index contributed by atoms with van der Waals surface area (Å²) in [6.45, 7) is 7.01. The summed E-state index contributed by atoms with van der Waals surface area (Å²) in [4.78, 5) is 0. The third-order valence-corrected chi connectivity index (χ3v) is 2.58. The van der Waals surface area contributed by atoms with Crippen molar-refractivity contribution in [1.29, 1.82) is 0 Å². The topological polar surface area (TPSA) is 15.3 Å². The van der Waals surface area contributed by atoms with E-state index in [1.807, 2.05) is 0 Å². The lowest BCUT2D eigenvalue weighted by Gasteiger charge is -2.39. The number of rotatable bonds is 2. The van der Waals surface area contributed by atoms with E-state index in [1.54, 1.807) is 0 Å². The van der Waals surface area contributed by atoms with Crippen molar-refractivity contribution in [2.45, 2.75) is 33.1 Å². The van der Waals surface area contributed by atoms with Gasteiger partial charge in [-0.25, -0.2) is 5.01 Å². The molecule has 1 N–H and O–H groups in total. The van der Waals surface area contributed by atoms with E-state index in [-0.39, 0.29) is 0 Å². The molecule has 1 aliphatic heterocycles. The number of hydrogen-bond donors (Lipinski definition) is 1. The Morgan fingerprint density at radius 2 is 2.27 bits per heavy atom. The van der Waals surface area contributed by atoms with Gasteiger partial charge in [0, 0.05) is 20.1 Å². The molecule has 1 saturated heterocycles. The van der Waals surface area contributed by atoms with Crippen LogP contribution < -0.4 is 5.43 Å². The van der Waals surface area contributed by atoms with Crippen molar-refractivity contribution >= 4 is 0 Å². The van der Waals surface area contributed by atoms with Gasteiger partial charge >= 0.3 is 0 Å². The van der Waals surface area contributed by atoms with E-state index >= 15 is 0 Å². The molecule has 0 spiro atoms. The molecule has 0 saturated carbocycles. The van der Waals surface area contributed by atoms with Gasteiger partial charge in [-0.05, 0) is 18.3 Å². The lowest BCUT2D eigenvalue weighted by Crippen LogP contribution is -2.49. The minimum absolute atomic E-state index is 0.564. The lowest BCUT2D eigenvalue weighted by atomic mass is 9.81. The molecule has 2 nitrogen and oxygen atoms in total. The maximum Gasteiger partial charge on any atom is 0.0182 e. The van der Waals surface area contributed by atoms with Gasteiger partial charge in [-0.3, -0.25) is 5.43 Å². The first-order chi connectivity index (χ1) is 5.16. The fraction of sp³-hybridized carbons (Fsp3) is 1.00. The standard InChI is InChI=1S/C9H20N2/c1-4-5-9(2)6-7-10-11(3)8-9/h10H,4-8H2,1-3H3. The van der Waals surface area contributed by atoms with Crippen LogP contribution in [0, 0.1) is 5.41 Å². The molecule has 1 atom stereocenters. The van der Waals surface area contributed by atoms with Gasteiger partial charge in [0.05, 0.1) is 0 Å². The minimum atomic E-state index is 0.564. The van der Waals surface area contributed by atoms with E-state index in [4.69, 9.17) is 0 Å². The predicted molar refractivity (Wildman–Crippen MR) is 48.3 cm³/mol. The van der Waals surface area contributed by atoms with Gasteiger partial charge in [-0.2, -0.15) is 0 Å². The summed E-state index contributed by atoms with van der Waals surface area (Å²) in [5, 5.41) is 2.22. The summed E-state index contributed by atoms with van der Waals surface area (Å²) in [5.41, 5.74) is 3.89. The van der Waals surface area contributed by atoms with E-state index in [2.05, 4.69) is 31.3 Å². The van der Waals surface area contributed by atoms with E-state index in [0.717, 1.165) is 6.54 Å². The van der Waals surface area contributed by atoms with Crippen molar-refractivity contribution < 1.29 is 0 Å². The Morgan fingerprint density at radius 3 is 2.82 bits per heavy atom. The Labute approximate surface area is 69.9 Å². The van der Waals surface area contributed by atoms with E-state index in [9.17, 15) is 0 Å². The molecule has 1 rings (SSSR count). The highest BCUT2D eigenvalue weighted by Gasteiger charge is 2.27. The zero-order valence-corrected chi connectivity index (χ0v) is 7.98. The molecule has 66 valence electrons. The summed E-state index contributed by atoms with van der Waals surface area (Å²) < 4.78 is 0. The van der Waals surface area contributed by atoms with Gasteiger partial charge in [-0.1, -0.05) is 20.3 Å². The molecule has 2 heteroatoms. The Bertz CT molecular complexity index is 121. The van der Waals surface area contributed by atoms with Crippen molar-refractivity contribution in [3.05, 3.63) is 0 Å². The largest absolute Gasteiger partial charge is 0.255 e. The van der Waals surface area contributed by atoms with Crippen molar-refractivity contribution in [1.82, 2.24) is 10.4 Å². The monoisotopic (exact) mass is 156 g/mol. The van der Waals surface area contributed by atoms with Crippen molar-refractivity contribution in [3.63, 3.8) is 0 Å². The second-order valence-corrected chi connectivity index (χ2v) is 4.07. The van der Waals surface area contributed by atoms with Crippen molar-refractivity contribution in [2.75, 3.05) is 20.1 Å². The molecule has 0 amide bonds. The fourth-order valence-electron chi connectivity index (χ4n) is 2.06. The second-order valence-electron chi connectivity index (χ2n) is 4.07. The third kappa shape index (κ3) is 2.46. The number of nitrogens with zero attached hydrogens (tertiary/aromatic N) is 1. The molecule has 1 unspecified atom stereocenters. The summed E-state index contributed by atoms with van der Waals surface area (Å²) in [7, 11) is 2.13. The Balaban J connectivity index is 2.41. The van der Waals surface area contributed by atoms with Crippen LogP contribution in [0.3, 0.4) is 0 Å². The third-order valence-electron chi connectivity index (χ3n) is 2.58. The minimum Gasteiger partial charge on any atom is -0.255 e. The Kier molecular flexibility index (Phi) is 2.90. The van der Waals surface area contributed by atoms with Gasteiger partial charge in [-0.15, -0.1) is 0 Å². The highest BCUT2D eigenvalue weighted by molar-refractivity contribution is 4.80. The first-order valence-corrected chi connectivity index (χ1v) is 4.61. The van der Waals surface area contributed by atoms with Crippen LogP contribution in [0.25, 0.3) is 0 Å². The maximum atomic E-state index is 3.33. The van der Waals surface area contributed by atoms with Gasteiger partial charge in [0.15, 0.2) is 0 Å². The fourth-order valence-corrected chi connectivity index (χ4v) is 2.06.